The van der Waals surface area contributed by atoms with Gasteiger partial charge in [0.25, 0.3) is 11.8 Å². The topological polar surface area (TPSA) is 69.7 Å². The molecular weight excluding hydrogens is 414 g/mol. The highest BCUT2D eigenvalue weighted by atomic mass is 16.2. The second kappa shape index (κ2) is 8.64. The lowest BCUT2D eigenvalue weighted by molar-refractivity contribution is 0.0663. The molecule has 1 aliphatic heterocycles. The first-order chi connectivity index (χ1) is 16.0. The minimum absolute atomic E-state index is 0.0440. The molecule has 0 aromatic heterocycles. The molecule has 0 spiro atoms. The number of nitrogens with zero attached hydrogens (tertiary/aromatic N) is 2. The third-order valence-electron chi connectivity index (χ3n) is 6.43. The maximum atomic E-state index is 12.7. The summed E-state index contributed by atoms with van der Waals surface area (Å²) in [5.41, 5.74) is 5.04. The van der Waals surface area contributed by atoms with Crippen molar-refractivity contribution in [2.24, 2.45) is 0 Å². The first-order valence-electron chi connectivity index (χ1n) is 11.1. The Hall–Kier alpha value is -3.77. The molecule has 2 aliphatic rings. The lowest BCUT2D eigenvalue weighted by Gasteiger charge is -2.32. The second-order valence-corrected chi connectivity index (χ2v) is 8.61. The standard InChI is InChI=1S/C27H25N3O3/c1-29-12-14-30(15-13-29)27(33)19-8-6-18(7-9-19)17-28-26(32)20-10-11-22-21-4-2-3-5-23(21)25(31)24(22)16-20/h2-11,16H,12-15,17H2,1H3,(H,28,32). The van der Waals surface area contributed by atoms with E-state index in [2.05, 4.69) is 17.3 Å². The molecule has 0 saturated carbocycles. The highest BCUT2D eigenvalue weighted by Crippen LogP contribution is 2.36. The summed E-state index contributed by atoms with van der Waals surface area (Å²) in [5.74, 6) is -0.238. The van der Waals surface area contributed by atoms with Crippen LogP contribution in [0.2, 0.25) is 0 Å². The number of hydrogen-bond donors (Lipinski definition) is 1. The van der Waals surface area contributed by atoms with Crippen LogP contribution in [-0.2, 0) is 6.54 Å². The van der Waals surface area contributed by atoms with Crippen LogP contribution in [0, 0.1) is 0 Å². The van der Waals surface area contributed by atoms with Gasteiger partial charge in [0.2, 0.25) is 0 Å². The first-order valence-corrected chi connectivity index (χ1v) is 11.1. The number of ketones is 1. The Morgan fingerprint density at radius 3 is 2.15 bits per heavy atom. The summed E-state index contributed by atoms with van der Waals surface area (Å²) < 4.78 is 0. The predicted molar refractivity (Wildman–Crippen MR) is 126 cm³/mol. The van der Waals surface area contributed by atoms with E-state index in [-0.39, 0.29) is 17.6 Å². The van der Waals surface area contributed by atoms with Gasteiger partial charge in [-0.3, -0.25) is 14.4 Å². The van der Waals surface area contributed by atoms with Gasteiger partial charge in [0.1, 0.15) is 0 Å². The summed E-state index contributed by atoms with van der Waals surface area (Å²) in [5, 5.41) is 2.91. The van der Waals surface area contributed by atoms with Gasteiger partial charge in [-0.1, -0.05) is 42.5 Å². The summed E-state index contributed by atoms with van der Waals surface area (Å²) in [6.07, 6.45) is 0. The summed E-state index contributed by atoms with van der Waals surface area (Å²) >= 11 is 0. The lowest BCUT2D eigenvalue weighted by Crippen LogP contribution is -2.47. The molecule has 6 nitrogen and oxygen atoms in total. The van der Waals surface area contributed by atoms with E-state index in [1.807, 2.05) is 59.5 Å². The predicted octanol–water partition coefficient (Wildman–Crippen LogP) is 3.22. The van der Waals surface area contributed by atoms with E-state index in [1.165, 1.54) is 0 Å². The van der Waals surface area contributed by atoms with Crippen molar-refractivity contribution in [3.63, 3.8) is 0 Å². The van der Waals surface area contributed by atoms with Crippen LogP contribution in [0.4, 0.5) is 0 Å². The quantitative estimate of drug-likeness (QED) is 0.530. The largest absolute Gasteiger partial charge is 0.348 e. The molecule has 0 atom stereocenters. The van der Waals surface area contributed by atoms with Gasteiger partial charge in [0.15, 0.2) is 5.78 Å². The first kappa shape index (κ1) is 21.1. The Labute approximate surface area is 192 Å². The van der Waals surface area contributed by atoms with Crippen molar-refractivity contribution in [2.75, 3.05) is 33.2 Å². The van der Waals surface area contributed by atoms with Gasteiger partial charge in [-0.05, 0) is 48.0 Å². The van der Waals surface area contributed by atoms with Gasteiger partial charge in [-0.2, -0.15) is 0 Å². The van der Waals surface area contributed by atoms with Crippen molar-refractivity contribution in [3.05, 3.63) is 94.5 Å². The van der Waals surface area contributed by atoms with Crippen LogP contribution in [0.1, 0.15) is 42.2 Å². The molecule has 33 heavy (non-hydrogen) atoms. The molecule has 0 radical (unpaired) electrons. The van der Waals surface area contributed by atoms with Gasteiger partial charge >= 0.3 is 0 Å². The van der Waals surface area contributed by atoms with E-state index in [0.29, 0.717) is 28.8 Å². The van der Waals surface area contributed by atoms with E-state index in [1.54, 1.807) is 12.1 Å². The molecule has 1 heterocycles. The second-order valence-electron chi connectivity index (χ2n) is 8.61. The molecule has 1 saturated heterocycles. The van der Waals surface area contributed by atoms with Gasteiger partial charge in [-0.25, -0.2) is 0 Å². The van der Waals surface area contributed by atoms with E-state index < -0.39 is 0 Å². The van der Waals surface area contributed by atoms with Crippen LogP contribution in [0.3, 0.4) is 0 Å². The van der Waals surface area contributed by atoms with Crippen LogP contribution in [0.25, 0.3) is 11.1 Å². The van der Waals surface area contributed by atoms with Gasteiger partial charge in [0.05, 0.1) is 0 Å². The molecular formula is C27H25N3O3. The van der Waals surface area contributed by atoms with Crippen molar-refractivity contribution >= 4 is 17.6 Å². The molecule has 0 bridgehead atoms. The SMILES string of the molecule is CN1CCN(C(=O)c2ccc(CNC(=O)c3ccc4c(c3)C(=O)c3ccccc3-4)cc2)CC1. The summed E-state index contributed by atoms with van der Waals surface area (Å²) in [7, 11) is 2.06. The van der Waals surface area contributed by atoms with Crippen molar-refractivity contribution in [1.82, 2.24) is 15.1 Å². The maximum absolute atomic E-state index is 12.7. The molecule has 3 aromatic rings. The van der Waals surface area contributed by atoms with Crippen LogP contribution in [-0.4, -0.2) is 60.6 Å². The fourth-order valence-electron chi connectivity index (χ4n) is 4.41. The fourth-order valence-corrected chi connectivity index (χ4v) is 4.41. The normalized spacial score (nSPS) is 15.2. The molecule has 1 aliphatic carbocycles. The number of nitrogens with one attached hydrogen (secondary N) is 1. The van der Waals surface area contributed by atoms with Crippen molar-refractivity contribution in [1.29, 1.82) is 0 Å². The average molecular weight is 440 g/mol. The maximum Gasteiger partial charge on any atom is 0.253 e. The summed E-state index contributed by atoms with van der Waals surface area (Å²) in [4.78, 5) is 42.2. The number of likely N-dealkylation sites (N-methyl/N-ethyl adjacent to an activating group) is 1. The zero-order valence-corrected chi connectivity index (χ0v) is 18.5. The van der Waals surface area contributed by atoms with E-state index in [4.69, 9.17) is 0 Å². The highest BCUT2D eigenvalue weighted by Gasteiger charge is 2.27. The Balaban J connectivity index is 1.22. The third kappa shape index (κ3) is 4.05. The third-order valence-corrected chi connectivity index (χ3v) is 6.43. The Morgan fingerprint density at radius 1 is 0.788 bits per heavy atom. The van der Waals surface area contributed by atoms with Crippen molar-refractivity contribution in [3.8, 4) is 11.1 Å². The number of benzene rings is 3. The van der Waals surface area contributed by atoms with Crippen LogP contribution < -0.4 is 5.32 Å². The molecule has 2 amide bonds. The molecule has 166 valence electrons. The molecule has 0 unspecified atom stereocenters. The van der Waals surface area contributed by atoms with Crippen LogP contribution >= 0.6 is 0 Å². The fraction of sp³-hybridized carbons (Fsp3) is 0.222. The smallest absolute Gasteiger partial charge is 0.253 e. The number of rotatable bonds is 4. The molecule has 3 aromatic carbocycles. The average Bonchev–Trinajstić information content (AvgIpc) is 3.14. The minimum atomic E-state index is -0.237. The number of amides is 2. The minimum Gasteiger partial charge on any atom is -0.348 e. The number of hydrogen-bond acceptors (Lipinski definition) is 4. The molecule has 1 fully saturated rings. The highest BCUT2D eigenvalue weighted by molar-refractivity contribution is 6.22. The zero-order chi connectivity index (χ0) is 22.9. The number of piperazine rings is 1. The molecule has 6 heteroatoms. The number of fused-ring (bicyclic) bond motifs is 3. The van der Waals surface area contributed by atoms with Crippen LogP contribution in [0.5, 0.6) is 0 Å². The number of carbonyl (C=O) groups is 3. The van der Waals surface area contributed by atoms with Crippen molar-refractivity contribution < 1.29 is 14.4 Å². The van der Waals surface area contributed by atoms with Crippen LogP contribution in [0.15, 0.2) is 66.7 Å². The summed E-state index contributed by atoms with van der Waals surface area (Å²) in [6.45, 7) is 3.59. The Kier molecular flexibility index (Phi) is 5.52. The Bertz CT molecular complexity index is 1240. The number of carbonyl (C=O) groups excluding carboxylic acids is 3. The van der Waals surface area contributed by atoms with E-state index >= 15 is 0 Å². The lowest BCUT2D eigenvalue weighted by atomic mass is 10.0. The van der Waals surface area contributed by atoms with E-state index in [9.17, 15) is 14.4 Å². The molecule has 1 N–H and O–H groups in total. The molecule has 5 rings (SSSR count). The Morgan fingerprint density at radius 2 is 1.42 bits per heavy atom. The van der Waals surface area contributed by atoms with Gasteiger partial charge in [-0.15, -0.1) is 0 Å². The summed E-state index contributed by atoms with van der Waals surface area (Å²) in [6, 6.07) is 20.1. The van der Waals surface area contributed by atoms with Crippen molar-refractivity contribution in [2.45, 2.75) is 6.54 Å². The zero-order valence-electron chi connectivity index (χ0n) is 18.5. The van der Waals surface area contributed by atoms with Gasteiger partial charge < -0.3 is 15.1 Å². The van der Waals surface area contributed by atoms with Gasteiger partial charge in [0, 0.05) is 55.0 Å². The van der Waals surface area contributed by atoms with E-state index in [0.717, 1.165) is 42.9 Å². The monoisotopic (exact) mass is 439 g/mol.